The van der Waals surface area contributed by atoms with Crippen molar-refractivity contribution in [2.75, 3.05) is 0 Å². The molecule has 0 radical (unpaired) electrons. The molecule has 15 heavy (non-hydrogen) atoms. The van der Waals surface area contributed by atoms with E-state index in [1.54, 1.807) is 12.1 Å². The van der Waals surface area contributed by atoms with Gasteiger partial charge in [0.2, 0.25) is 0 Å². The van der Waals surface area contributed by atoms with Gasteiger partial charge in [-0.25, -0.2) is 4.39 Å². The second-order valence-corrected chi connectivity index (χ2v) is 4.64. The number of benzene rings is 1. The van der Waals surface area contributed by atoms with Crippen LogP contribution in [0.3, 0.4) is 0 Å². The van der Waals surface area contributed by atoms with E-state index in [1.165, 1.54) is 6.07 Å². The fourth-order valence-electron chi connectivity index (χ4n) is 1.42. The van der Waals surface area contributed by atoms with Gasteiger partial charge in [-0.3, -0.25) is 4.79 Å². The lowest BCUT2D eigenvalue weighted by Crippen LogP contribution is -2.04. The highest BCUT2D eigenvalue weighted by molar-refractivity contribution is 14.1. The second kappa shape index (κ2) is 6.20. The van der Waals surface area contributed by atoms with Crippen molar-refractivity contribution < 1.29 is 9.18 Å². The van der Waals surface area contributed by atoms with Crippen LogP contribution in [0.25, 0.3) is 0 Å². The molecule has 0 saturated carbocycles. The molecule has 1 rings (SSSR count). The van der Waals surface area contributed by atoms with E-state index in [0.29, 0.717) is 9.99 Å². The molecule has 0 unspecified atom stereocenters. The maximum Gasteiger partial charge on any atom is 0.166 e. The summed E-state index contributed by atoms with van der Waals surface area (Å²) >= 11 is 2.00. The second-order valence-electron chi connectivity index (χ2n) is 3.48. The number of halogens is 2. The first-order valence-electron chi connectivity index (χ1n) is 5.14. The van der Waals surface area contributed by atoms with E-state index in [1.807, 2.05) is 22.6 Å². The van der Waals surface area contributed by atoms with Crippen molar-refractivity contribution in [1.29, 1.82) is 0 Å². The number of hydrogen-bond donors (Lipinski definition) is 0. The molecule has 0 N–H and O–H groups in total. The van der Waals surface area contributed by atoms with E-state index in [0.717, 1.165) is 19.3 Å². The van der Waals surface area contributed by atoms with Crippen LogP contribution in [0, 0.1) is 9.39 Å². The maximum absolute atomic E-state index is 13.4. The fourth-order valence-corrected chi connectivity index (χ4v) is 2.19. The average molecular weight is 320 g/mol. The molecular formula is C12H14FIO. The normalized spacial score (nSPS) is 10.3. The molecule has 1 aromatic carbocycles. The molecule has 82 valence electrons. The molecule has 0 aliphatic rings. The summed E-state index contributed by atoms with van der Waals surface area (Å²) in [6.45, 7) is 2.08. The lowest BCUT2D eigenvalue weighted by molar-refractivity contribution is 0.0974. The predicted octanol–water partition coefficient (Wildman–Crippen LogP) is 4.19. The highest BCUT2D eigenvalue weighted by Gasteiger charge is 2.14. The molecule has 0 bridgehead atoms. The molecule has 0 aromatic heterocycles. The number of unbranched alkanes of at least 4 members (excludes halogenated alkanes) is 2. The molecule has 0 fully saturated rings. The first kappa shape index (κ1) is 12.6. The van der Waals surface area contributed by atoms with Gasteiger partial charge >= 0.3 is 0 Å². The molecule has 0 amide bonds. The van der Waals surface area contributed by atoms with Crippen LogP contribution in [0.5, 0.6) is 0 Å². The molecule has 0 aliphatic carbocycles. The zero-order valence-corrected chi connectivity index (χ0v) is 10.9. The van der Waals surface area contributed by atoms with Gasteiger partial charge in [0.25, 0.3) is 0 Å². The third kappa shape index (κ3) is 3.55. The summed E-state index contributed by atoms with van der Waals surface area (Å²) in [5.41, 5.74) is 0.259. The lowest BCUT2D eigenvalue weighted by Gasteiger charge is -2.04. The summed E-state index contributed by atoms with van der Waals surface area (Å²) < 4.78 is 14.1. The highest BCUT2D eigenvalue weighted by Crippen LogP contribution is 2.18. The van der Waals surface area contributed by atoms with Crippen LogP contribution >= 0.6 is 22.6 Å². The van der Waals surface area contributed by atoms with Gasteiger partial charge in [-0.1, -0.05) is 25.8 Å². The van der Waals surface area contributed by atoms with E-state index in [9.17, 15) is 9.18 Å². The van der Waals surface area contributed by atoms with E-state index in [-0.39, 0.29) is 11.3 Å². The average Bonchev–Trinajstić information content (AvgIpc) is 2.18. The summed E-state index contributed by atoms with van der Waals surface area (Å²) in [7, 11) is 0. The molecule has 0 aliphatic heterocycles. The topological polar surface area (TPSA) is 17.1 Å². The van der Waals surface area contributed by atoms with Crippen LogP contribution in [0.2, 0.25) is 0 Å². The summed E-state index contributed by atoms with van der Waals surface area (Å²) in [6, 6.07) is 4.73. The molecule has 0 spiro atoms. The number of Topliss-reactive ketones (excluding diaryl/α,β-unsaturated/α-hetero) is 1. The predicted molar refractivity (Wildman–Crippen MR) is 67.6 cm³/mol. The number of carbonyl (C=O) groups excluding carboxylic acids is 1. The Hall–Kier alpha value is -0.450. The summed E-state index contributed by atoms with van der Waals surface area (Å²) in [4.78, 5) is 11.7. The Bertz CT molecular complexity index is 329. The molecule has 0 heterocycles. The van der Waals surface area contributed by atoms with E-state index in [4.69, 9.17) is 0 Å². The minimum Gasteiger partial charge on any atom is -0.294 e. The molecule has 1 aromatic rings. The SMILES string of the molecule is CCCCCC(=O)c1c(F)cccc1I. The van der Waals surface area contributed by atoms with Crippen molar-refractivity contribution in [3.05, 3.63) is 33.1 Å². The Morgan fingerprint density at radius 3 is 2.73 bits per heavy atom. The van der Waals surface area contributed by atoms with Gasteiger partial charge in [0.1, 0.15) is 5.82 Å². The van der Waals surface area contributed by atoms with Gasteiger partial charge in [0.05, 0.1) is 5.56 Å². The Morgan fingerprint density at radius 1 is 1.40 bits per heavy atom. The molecular weight excluding hydrogens is 306 g/mol. The number of rotatable bonds is 5. The van der Waals surface area contributed by atoms with Gasteiger partial charge in [-0.05, 0) is 41.1 Å². The van der Waals surface area contributed by atoms with Gasteiger partial charge in [0.15, 0.2) is 5.78 Å². The van der Waals surface area contributed by atoms with Gasteiger partial charge in [0, 0.05) is 9.99 Å². The van der Waals surface area contributed by atoms with Crippen molar-refractivity contribution in [2.45, 2.75) is 32.6 Å². The standard InChI is InChI=1S/C12H14FIO/c1-2-3-4-8-11(15)12-9(13)6-5-7-10(12)14/h5-7H,2-4,8H2,1H3. The number of ketones is 1. The zero-order valence-electron chi connectivity index (χ0n) is 8.72. The molecule has 1 nitrogen and oxygen atoms in total. The van der Waals surface area contributed by atoms with Crippen molar-refractivity contribution in [3.8, 4) is 0 Å². The third-order valence-corrected chi connectivity index (χ3v) is 3.15. The van der Waals surface area contributed by atoms with Crippen LogP contribution in [0.1, 0.15) is 43.0 Å². The van der Waals surface area contributed by atoms with Crippen molar-refractivity contribution in [1.82, 2.24) is 0 Å². The summed E-state index contributed by atoms with van der Waals surface area (Å²) in [5.74, 6) is -0.477. The minimum absolute atomic E-state index is 0.0778. The monoisotopic (exact) mass is 320 g/mol. The summed E-state index contributed by atoms with van der Waals surface area (Å²) in [6.07, 6.45) is 3.39. The van der Waals surface area contributed by atoms with Crippen LogP contribution in [0.15, 0.2) is 18.2 Å². The zero-order chi connectivity index (χ0) is 11.3. The Labute approximate surface area is 103 Å². The summed E-state index contributed by atoms with van der Waals surface area (Å²) in [5, 5.41) is 0. The van der Waals surface area contributed by atoms with Gasteiger partial charge in [-0.15, -0.1) is 0 Å². The van der Waals surface area contributed by atoms with E-state index < -0.39 is 5.82 Å². The van der Waals surface area contributed by atoms with E-state index in [2.05, 4.69) is 6.92 Å². The van der Waals surface area contributed by atoms with E-state index >= 15 is 0 Å². The highest BCUT2D eigenvalue weighted by atomic mass is 127. The lowest BCUT2D eigenvalue weighted by atomic mass is 10.0. The van der Waals surface area contributed by atoms with Crippen LogP contribution in [0.4, 0.5) is 4.39 Å². The molecule has 3 heteroatoms. The van der Waals surface area contributed by atoms with Crippen molar-refractivity contribution in [3.63, 3.8) is 0 Å². The smallest absolute Gasteiger partial charge is 0.166 e. The van der Waals surface area contributed by atoms with Crippen LogP contribution < -0.4 is 0 Å². The maximum atomic E-state index is 13.4. The Balaban J connectivity index is 2.73. The van der Waals surface area contributed by atoms with Crippen molar-refractivity contribution in [2.24, 2.45) is 0 Å². The third-order valence-electron chi connectivity index (χ3n) is 2.25. The van der Waals surface area contributed by atoms with Gasteiger partial charge < -0.3 is 0 Å². The molecule has 0 atom stereocenters. The fraction of sp³-hybridized carbons (Fsp3) is 0.417. The number of hydrogen-bond acceptors (Lipinski definition) is 1. The largest absolute Gasteiger partial charge is 0.294 e. The first-order valence-corrected chi connectivity index (χ1v) is 6.22. The van der Waals surface area contributed by atoms with Crippen LogP contribution in [-0.4, -0.2) is 5.78 Å². The quantitative estimate of drug-likeness (QED) is 0.452. The Kier molecular flexibility index (Phi) is 5.22. The van der Waals surface area contributed by atoms with Crippen molar-refractivity contribution >= 4 is 28.4 Å². The Morgan fingerprint density at radius 2 is 2.13 bits per heavy atom. The van der Waals surface area contributed by atoms with Gasteiger partial charge in [-0.2, -0.15) is 0 Å². The minimum atomic E-state index is -0.400. The number of carbonyl (C=O) groups is 1. The van der Waals surface area contributed by atoms with Crippen LogP contribution in [-0.2, 0) is 0 Å². The molecule has 0 saturated heterocycles. The first-order chi connectivity index (χ1) is 7.16.